The molecule has 0 atom stereocenters. The maximum Gasteiger partial charge on any atom is 0.328 e. The predicted molar refractivity (Wildman–Crippen MR) is 95.8 cm³/mol. The van der Waals surface area contributed by atoms with E-state index in [2.05, 4.69) is 25.3 Å². The van der Waals surface area contributed by atoms with Crippen LogP contribution in [0.4, 0.5) is 11.8 Å². The molecule has 3 rings (SSSR count). The van der Waals surface area contributed by atoms with E-state index in [0.717, 1.165) is 11.3 Å². The second kappa shape index (κ2) is 7.21. The van der Waals surface area contributed by atoms with Gasteiger partial charge in [0.25, 0.3) is 0 Å². The summed E-state index contributed by atoms with van der Waals surface area (Å²) in [6.45, 7) is 4.02. The number of aromatic nitrogens is 5. The van der Waals surface area contributed by atoms with Gasteiger partial charge in [-0.1, -0.05) is 6.07 Å². The number of imidazole rings is 1. The van der Waals surface area contributed by atoms with Crippen LogP contribution in [0.15, 0.2) is 23.1 Å². The van der Waals surface area contributed by atoms with Gasteiger partial charge in [0.2, 0.25) is 5.95 Å². The fraction of sp³-hybridized carbons (Fsp3) is 0.312. The van der Waals surface area contributed by atoms with Crippen LogP contribution in [0.1, 0.15) is 18.2 Å². The van der Waals surface area contributed by atoms with E-state index < -0.39 is 0 Å². The van der Waals surface area contributed by atoms with Crippen molar-refractivity contribution in [3.8, 4) is 0 Å². The largest absolute Gasteiger partial charge is 0.464 e. The van der Waals surface area contributed by atoms with Crippen LogP contribution in [0.2, 0.25) is 0 Å². The lowest BCUT2D eigenvalue weighted by Crippen LogP contribution is -2.18. The Balaban J connectivity index is 1.88. The number of anilines is 2. The minimum atomic E-state index is -0.367. The molecule has 4 N–H and O–H groups in total. The van der Waals surface area contributed by atoms with Gasteiger partial charge in [-0.3, -0.25) is 14.3 Å². The number of nitrogens with one attached hydrogen (secondary N) is 2. The van der Waals surface area contributed by atoms with Crippen molar-refractivity contribution in [2.75, 3.05) is 24.2 Å². The highest BCUT2D eigenvalue weighted by atomic mass is 16.5. The maximum atomic E-state index is 12.3. The molecule has 0 saturated carbocycles. The highest BCUT2D eigenvalue weighted by Crippen LogP contribution is 2.17. The summed E-state index contributed by atoms with van der Waals surface area (Å²) in [5.41, 5.74) is 8.12. The zero-order chi connectivity index (χ0) is 18.7. The van der Waals surface area contributed by atoms with Crippen molar-refractivity contribution >= 4 is 28.9 Å². The number of nitrogens with two attached hydrogens (primary N) is 1. The minimum absolute atomic E-state index is 0.155. The molecule has 0 fully saturated rings. The van der Waals surface area contributed by atoms with Crippen LogP contribution >= 0.6 is 0 Å². The van der Waals surface area contributed by atoms with Gasteiger partial charge in [-0.15, -0.1) is 0 Å². The summed E-state index contributed by atoms with van der Waals surface area (Å²) in [6.07, 6.45) is 1.71. The number of nitrogen functional groups attached to an aromatic ring is 1. The smallest absolute Gasteiger partial charge is 0.328 e. The van der Waals surface area contributed by atoms with Gasteiger partial charge in [-0.05, 0) is 18.6 Å². The summed E-state index contributed by atoms with van der Waals surface area (Å²) < 4.78 is 6.31. The van der Waals surface area contributed by atoms with E-state index in [0.29, 0.717) is 24.3 Å². The highest BCUT2D eigenvalue weighted by molar-refractivity contribution is 5.82. The lowest BCUT2D eigenvalue weighted by molar-refractivity contribution is -0.140. The Kier molecular flexibility index (Phi) is 4.83. The van der Waals surface area contributed by atoms with E-state index in [9.17, 15) is 9.59 Å². The molecule has 0 saturated heterocycles. The van der Waals surface area contributed by atoms with Crippen LogP contribution in [0, 0.1) is 6.92 Å². The molecular weight excluding hydrogens is 338 g/mol. The molecule has 0 radical (unpaired) electrons. The highest BCUT2D eigenvalue weighted by Gasteiger charge is 2.14. The third kappa shape index (κ3) is 3.79. The van der Waals surface area contributed by atoms with Crippen LogP contribution in [-0.2, 0) is 16.1 Å². The number of carbonyl (C=O) groups is 1. The topological polar surface area (TPSA) is 141 Å². The van der Waals surface area contributed by atoms with E-state index in [1.54, 1.807) is 6.20 Å². The Morgan fingerprint density at radius 2 is 2.19 bits per heavy atom. The van der Waals surface area contributed by atoms with Crippen molar-refractivity contribution in [3.63, 3.8) is 0 Å². The number of aromatic amines is 1. The SMILES string of the molecule is CC(=O)OCCNc1nc(N)c2[nH]c(=O)n(Cc3ccc(C)nc3)c2n1. The van der Waals surface area contributed by atoms with Crippen LogP contribution in [0.5, 0.6) is 0 Å². The van der Waals surface area contributed by atoms with Crippen LogP contribution < -0.4 is 16.7 Å². The molecule has 10 nitrogen and oxygen atoms in total. The van der Waals surface area contributed by atoms with Gasteiger partial charge < -0.3 is 20.8 Å². The van der Waals surface area contributed by atoms with Crippen molar-refractivity contribution in [3.05, 3.63) is 40.1 Å². The lowest BCUT2D eigenvalue weighted by atomic mass is 10.2. The summed E-state index contributed by atoms with van der Waals surface area (Å²) >= 11 is 0. The molecule has 3 aromatic rings. The van der Waals surface area contributed by atoms with Crippen molar-refractivity contribution in [1.82, 2.24) is 24.5 Å². The molecule has 0 aliphatic heterocycles. The Labute approximate surface area is 148 Å². The molecule has 3 aromatic heterocycles. The zero-order valence-corrected chi connectivity index (χ0v) is 14.4. The van der Waals surface area contributed by atoms with Crippen LogP contribution in [0.25, 0.3) is 11.2 Å². The molecule has 136 valence electrons. The maximum absolute atomic E-state index is 12.3. The van der Waals surface area contributed by atoms with Crippen molar-refractivity contribution in [2.45, 2.75) is 20.4 Å². The number of fused-ring (bicyclic) bond motifs is 1. The Bertz CT molecular complexity index is 991. The first kappa shape index (κ1) is 17.4. The number of H-pyrrole nitrogens is 1. The summed E-state index contributed by atoms with van der Waals surface area (Å²) in [7, 11) is 0. The summed E-state index contributed by atoms with van der Waals surface area (Å²) in [5.74, 6) is 0.0358. The number of carbonyl (C=O) groups excluding carboxylic acids is 1. The number of hydrogen-bond acceptors (Lipinski definition) is 8. The van der Waals surface area contributed by atoms with Gasteiger partial charge in [-0.2, -0.15) is 9.97 Å². The predicted octanol–water partition coefficient (Wildman–Crippen LogP) is 0.429. The number of hydrogen-bond donors (Lipinski definition) is 3. The van der Waals surface area contributed by atoms with Crippen LogP contribution in [0.3, 0.4) is 0 Å². The quantitative estimate of drug-likeness (QED) is 0.426. The Hall–Kier alpha value is -3.43. The fourth-order valence-corrected chi connectivity index (χ4v) is 2.41. The van der Waals surface area contributed by atoms with E-state index in [1.807, 2.05) is 19.1 Å². The van der Waals surface area contributed by atoms with Gasteiger partial charge >= 0.3 is 11.7 Å². The van der Waals surface area contributed by atoms with E-state index in [1.165, 1.54) is 11.5 Å². The first-order chi connectivity index (χ1) is 12.4. The van der Waals surface area contributed by atoms with Gasteiger partial charge in [0.1, 0.15) is 12.1 Å². The normalized spacial score (nSPS) is 10.8. The molecule has 0 aliphatic carbocycles. The number of nitrogens with zero attached hydrogens (tertiary/aromatic N) is 4. The molecule has 0 aromatic carbocycles. The first-order valence-electron chi connectivity index (χ1n) is 7.99. The molecule has 3 heterocycles. The molecule has 26 heavy (non-hydrogen) atoms. The third-order valence-corrected chi connectivity index (χ3v) is 3.65. The number of rotatable bonds is 6. The van der Waals surface area contributed by atoms with Crippen molar-refractivity contribution in [2.24, 2.45) is 0 Å². The summed E-state index contributed by atoms with van der Waals surface area (Å²) in [4.78, 5) is 38.4. The second-order valence-corrected chi connectivity index (χ2v) is 5.72. The molecule has 0 bridgehead atoms. The van der Waals surface area contributed by atoms with Crippen molar-refractivity contribution in [1.29, 1.82) is 0 Å². The van der Waals surface area contributed by atoms with E-state index >= 15 is 0 Å². The second-order valence-electron chi connectivity index (χ2n) is 5.72. The average Bonchev–Trinajstić information content (AvgIpc) is 2.90. The first-order valence-corrected chi connectivity index (χ1v) is 7.99. The number of pyridine rings is 1. The Morgan fingerprint density at radius 3 is 2.88 bits per heavy atom. The average molecular weight is 357 g/mol. The minimum Gasteiger partial charge on any atom is -0.464 e. The number of aryl methyl sites for hydroxylation is 1. The molecule has 0 aliphatic rings. The van der Waals surface area contributed by atoms with E-state index in [-0.39, 0.29) is 30.0 Å². The van der Waals surface area contributed by atoms with Crippen molar-refractivity contribution < 1.29 is 9.53 Å². The number of ether oxygens (including phenoxy) is 1. The lowest BCUT2D eigenvalue weighted by Gasteiger charge is -2.08. The molecule has 0 spiro atoms. The van der Waals surface area contributed by atoms with Gasteiger partial charge in [0.15, 0.2) is 11.5 Å². The summed E-state index contributed by atoms with van der Waals surface area (Å²) in [5, 5.41) is 2.92. The molecule has 10 heteroatoms. The standard InChI is InChI=1S/C16H19N7O3/c1-9-3-4-11(7-19-9)8-23-14-12(20-16(23)25)13(17)21-15(22-14)18-5-6-26-10(2)24/h3-4,7H,5-6,8H2,1-2H3,(H,20,25)(H3,17,18,21,22). The van der Waals surface area contributed by atoms with Crippen LogP contribution in [-0.4, -0.2) is 43.6 Å². The number of esters is 1. The monoisotopic (exact) mass is 357 g/mol. The molecular formula is C16H19N7O3. The molecule has 0 unspecified atom stereocenters. The molecule has 0 amide bonds. The van der Waals surface area contributed by atoms with Gasteiger partial charge in [0.05, 0.1) is 13.1 Å². The fourth-order valence-electron chi connectivity index (χ4n) is 2.41. The zero-order valence-electron chi connectivity index (χ0n) is 14.4. The Morgan fingerprint density at radius 1 is 1.38 bits per heavy atom. The van der Waals surface area contributed by atoms with Gasteiger partial charge in [-0.25, -0.2) is 4.79 Å². The summed E-state index contributed by atoms with van der Waals surface area (Å²) in [6, 6.07) is 3.77. The van der Waals surface area contributed by atoms with Gasteiger partial charge in [0, 0.05) is 18.8 Å². The van der Waals surface area contributed by atoms with E-state index in [4.69, 9.17) is 10.5 Å². The third-order valence-electron chi connectivity index (χ3n) is 3.65.